The molecular formula is C12H14N2O2. The number of aromatic nitrogens is 2. The number of esters is 1. The fourth-order valence-electron chi connectivity index (χ4n) is 1.70. The molecular weight excluding hydrogens is 204 g/mol. The largest absolute Gasteiger partial charge is 0.462 e. The van der Waals surface area contributed by atoms with Crippen LogP contribution in [0.25, 0.3) is 5.52 Å². The van der Waals surface area contributed by atoms with Crippen molar-refractivity contribution >= 4 is 11.5 Å². The molecule has 0 aliphatic rings. The van der Waals surface area contributed by atoms with Crippen molar-refractivity contribution in [3.05, 3.63) is 35.2 Å². The number of carbonyl (C=O) groups is 1. The van der Waals surface area contributed by atoms with Crippen molar-refractivity contribution in [1.29, 1.82) is 0 Å². The minimum Gasteiger partial charge on any atom is -0.462 e. The summed E-state index contributed by atoms with van der Waals surface area (Å²) in [4.78, 5) is 11.7. The Morgan fingerprint density at radius 2 is 2.25 bits per heavy atom. The molecule has 2 aromatic rings. The molecule has 0 fully saturated rings. The fraction of sp³-hybridized carbons (Fsp3) is 0.333. The molecule has 0 saturated heterocycles. The fourth-order valence-corrected chi connectivity index (χ4v) is 1.70. The van der Waals surface area contributed by atoms with E-state index in [4.69, 9.17) is 4.74 Å². The Morgan fingerprint density at radius 3 is 2.94 bits per heavy atom. The van der Waals surface area contributed by atoms with Crippen molar-refractivity contribution in [2.45, 2.75) is 20.8 Å². The Labute approximate surface area is 93.8 Å². The molecule has 0 aromatic carbocycles. The molecule has 84 valence electrons. The predicted molar refractivity (Wildman–Crippen MR) is 60.6 cm³/mol. The first-order chi connectivity index (χ1) is 7.65. The summed E-state index contributed by atoms with van der Waals surface area (Å²) >= 11 is 0. The number of hydrogen-bond donors (Lipinski definition) is 0. The van der Waals surface area contributed by atoms with Gasteiger partial charge in [-0.25, -0.2) is 9.31 Å². The Hall–Kier alpha value is -1.84. The van der Waals surface area contributed by atoms with Gasteiger partial charge in [-0.2, -0.15) is 5.10 Å². The van der Waals surface area contributed by atoms with E-state index in [1.807, 2.05) is 26.1 Å². The molecule has 2 rings (SSSR count). The van der Waals surface area contributed by atoms with Crippen LogP contribution in [-0.2, 0) is 4.74 Å². The minimum absolute atomic E-state index is 0.314. The number of aryl methyl sites for hydroxylation is 2. The van der Waals surface area contributed by atoms with Crippen LogP contribution in [0.4, 0.5) is 0 Å². The Bertz CT molecular complexity index is 543. The lowest BCUT2D eigenvalue weighted by Crippen LogP contribution is -2.05. The van der Waals surface area contributed by atoms with E-state index in [9.17, 15) is 4.79 Å². The molecule has 0 aliphatic heterocycles. The van der Waals surface area contributed by atoms with Crippen molar-refractivity contribution in [3.63, 3.8) is 0 Å². The molecule has 0 bridgehead atoms. The summed E-state index contributed by atoms with van der Waals surface area (Å²) in [6, 6.07) is 1.98. The highest BCUT2D eigenvalue weighted by atomic mass is 16.5. The first-order valence-corrected chi connectivity index (χ1v) is 5.25. The van der Waals surface area contributed by atoms with Gasteiger partial charge in [0.25, 0.3) is 0 Å². The van der Waals surface area contributed by atoms with Crippen LogP contribution in [0.2, 0.25) is 0 Å². The number of rotatable bonds is 2. The van der Waals surface area contributed by atoms with Gasteiger partial charge in [-0.3, -0.25) is 0 Å². The molecule has 2 aromatic heterocycles. The highest BCUT2D eigenvalue weighted by molar-refractivity contribution is 5.97. The quantitative estimate of drug-likeness (QED) is 0.725. The zero-order valence-electron chi connectivity index (χ0n) is 9.65. The lowest BCUT2D eigenvalue weighted by molar-refractivity contribution is 0.0528. The number of fused-ring (bicyclic) bond motifs is 1. The SMILES string of the molecule is CCOC(=O)c1cnn2ccc(C)c(C)c12. The highest BCUT2D eigenvalue weighted by Crippen LogP contribution is 2.19. The maximum absolute atomic E-state index is 11.7. The summed E-state index contributed by atoms with van der Waals surface area (Å²) in [5.74, 6) is -0.314. The van der Waals surface area contributed by atoms with Gasteiger partial charge in [0.05, 0.1) is 18.3 Å². The number of nitrogens with zero attached hydrogens (tertiary/aromatic N) is 2. The van der Waals surface area contributed by atoms with Crippen molar-refractivity contribution in [3.8, 4) is 0 Å². The molecule has 2 heterocycles. The van der Waals surface area contributed by atoms with E-state index in [0.717, 1.165) is 16.6 Å². The van der Waals surface area contributed by atoms with Crippen LogP contribution in [-0.4, -0.2) is 22.2 Å². The van der Waals surface area contributed by atoms with Crippen molar-refractivity contribution in [2.75, 3.05) is 6.61 Å². The van der Waals surface area contributed by atoms with Gasteiger partial charge in [-0.05, 0) is 38.0 Å². The van der Waals surface area contributed by atoms with E-state index in [0.29, 0.717) is 12.2 Å². The van der Waals surface area contributed by atoms with Crippen molar-refractivity contribution < 1.29 is 9.53 Å². The van der Waals surface area contributed by atoms with E-state index in [1.54, 1.807) is 17.6 Å². The second-order valence-electron chi connectivity index (χ2n) is 3.70. The molecule has 0 atom stereocenters. The lowest BCUT2D eigenvalue weighted by Gasteiger charge is -2.04. The Kier molecular flexibility index (Phi) is 2.64. The Morgan fingerprint density at radius 1 is 1.50 bits per heavy atom. The van der Waals surface area contributed by atoms with Gasteiger partial charge in [-0.15, -0.1) is 0 Å². The maximum Gasteiger partial charge on any atom is 0.341 e. The third-order valence-electron chi connectivity index (χ3n) is 2.70. The van der Waals surface area contributed by atoms with Crippen LogP contribution < -0.4 is 0 Å². The molecule has 0 unspecified atom stereocenters. The third-order valence-corrected chi connectivity index (χ3v) is 2.70. The first-order valence-electron chi connectivity index (χ1n) is 5.25. The van der Waals surface area contributed by atoms with E-state index in [-0.39, 0.29) is 5.97 Å². The van der Waals surface area contributed by atoms with Crippen molar-refractivity contribution in [2.24, 2.45) is 0 Å². The zero-order chi connectivity index (χ0) is 11.7. The van der Waals surface area contributed by atoms with Gasteiger partial charge in [0.1, 0.15) is 5.56 Å². The standard InChI is InChI=1S/C12H14N2O2/c1-4-16-12(15)10-7-13-14-6-5-8(2)9(3)11(10)14/h5-7H,4H2,1-3H3. The average Bonchev–Trinajstić information content (AvgIpc) is 2.68. The van der Waals surface area contributed by atoms with Gasteiger partial charge in [0.15, 0.2) is 0 Å². The molecule has 0 N–H and O–H groups in total. The topological polar surface area (TPSA) is 43.6 Å². The van der Waals surface area contributed by atoms with E-state index >= 15 is 0 Å². The third kappa shape index (κ3) is 1.56. The number of ether oxygens (including phenoxy) is 1. The molecule has 0 spiro atoms. The summed E-state index contributed by atoms with van der Waals surface area (Å²) in [7, 11) is 0. The van der Waals surface area contributed by atoms with Crippen molar-refractivity contribution in [1.82, 2.24) is 9.61 Å². The summed E-state index contributed by atoms with van der Waals surface area (Å²) in [5, 5.41) is 4.14. The molecule has 4 heteroatoms. The van der Waals surface area contributed by atoms with Gasteiger partial charge < -0.3 is 4.74 Å². The van der Waals surface area contributed by atoms with Crippen LogP contribution in [0, 0.1) is 13.8 Å². The lowest BCUT2D eigenvalue weighted by atomic mass is 10.1. The van der Waals surface area contributed by atoms with Crippen LogP contribution in [0.1, 0.15) is 28.4 Å². The van der Waals surface area contributed by atoms with Crippen LogP contribution in [0.15, 0.2) is 18.5 Å². The number of carbonyl (C=O) groups excluding carboxylic acids is 1. The molecule has 0 amide bonds. The van der Waals surface area contributed by atoms with Gasteiger partial charge in [0.2, 0.25) is 0 Å². The molecule has 0 saturated carbocycles. The second-order valence-corrected chi connectivity index (χ2v) is 3.70. The van der Waals surface area contributed by atoms with E-state index in [2.05, 4.69) is 5.10 Å². The average molecular weight is 218 g/mol. The second kappa shape index (κ2) is 3.96. The van der Waals surface area contributed by atoms with Gasteiger partial charge >= 0.3 is 5.97 Å². The summed E-state index contributed by atoms with van der Waals surface area (Å²) in [6.45, 7) is 6.16. The van der Waals surface area contributed by atoms with E-state index in [1.165, 1.54) is 0 Å². The molecule has 4 nitrogen and oxygen atoms in total. The molecule has 16 heavy (non-hydrogen) atoms. The first kappa shape index (κ1) is 10.7. The monoisotopic (exact) mass is 218 g/mol. The summed E-state index contributed by atoms with van der Waals surface area (Å²) in [6.07, 6.45) is 3.40. The maximum atomic E-state index is 11.7. The minimum atomic E-state index is -0.314. The van der Waals surface area contributed by atoms with Gasteiger partial charge in [0, 0.05) is 6.20 Å². The van der Waals surface area contributed by atoms with E-state index < -0.39 is 0 Å². The summed E-state index contributed by atoms with van der Waals surface area (Å²) in [5.41, 5.74) is 3.56. The van der Waals surface area contributed by atoms with Crippen LogP contribution in [0.3, 0.4) is 0 Å². The zero-order valence-corrected chi connectivity index (χ0v) is 9.65. The van der Waals surface area contributed by atoms with Gasteiger partial charge in [-0.1, -0.05) is 0 Å². The number of pyridine rings is 1. The highest BCUT2D eigenvalue weighted by Gasteiger charge is 2.15. The Balaban J connectivity index is 2.63. The normalized spacial score (nSPS) is 10.7. The smallest absolute Gasteiger partial charge is 0.341 e. The van der Waals surface area contributed by atoms with Crippen LogP contribution in [0.5, 0.6) is 0 Å². The molecule has 0 radical (unpaired) electrons. The molecule has 0 aliphatic carbocycles. The van der Waals surface area contributed by atoms with Crippen LogP contribution >= 0.6 is 0 Å². The number of hydrogen-bond acceptors (Lipinski definition) is 3. The summed E-state index contributed by atoms with van der Waals surface area (Å²) < 4.78 is 6.70. The predicted octanol–water partition coefficient (Wildman–Crippen LogP) is 2.13.